The zero-order valence-electron chi connectivity index (χ0n) is 21.2. The molecule has 3 aromatic carbocycles. The molecule has 1 fully saturated rings. The summed E-state index contributed by atoms with van der Waals surface area (Å²) in [5.41, 5.74) is 1.60. The monoisotopic (exact) mass is 554 g/mol. The van der Waals surface area contributed by atoms with Crippen LogP contribution < -0.4 is 10.1 Å². The molecule has 0 aliphatic carbocycles. The van der Waals surface area contributed by atoms with Gasteiger partial charge in [-0.3, -0.25) is 0 Å². The molecule has 1 saturated heterocycles. The van der Waals surface area contributed by atoms with E-state index in [1.54, 1.807) is 24.9 Å². The number of benzene rings is 3. The number of fused-ring (bicyclic) bond motifs is 1. The normalized spacial score (nSPS) is 20.4. The van der Waals surface area contributed by atoms with E-state index in [1.165, 1.54) is 12.1 Å². The molecule has 1 aromatic heterocycles. The lowest BCUT2D eigenvalue weighted by Crippen LogP contribution is -2.52. The molecule has 4 nitrogen and oxygen atoms in total. The Morgan fingerprint density at radius 3 is 2.74 bits per heavy atom. The van der Waals surface area contributed by atoms with E-state index in [4.69, 9.17) is 21.3 Å². The Morgan fingerprint density at radius 1 is 1.16 bits per heavy atom. The second-order valence-electron chi connectivity index (χ2n) is 9.78. The summed E-state index contributed by atoms with van der Waals surface area (Å²) in [5, 5.41) is 17.3. The van der Waals surface area contributed by atoms with E-state index in [0.29, 0.717) is 42.3 Å². The minimum atomic E-state index is -1.21. The van der Waals surface area contributed by atoms with E-state index in [-0.39, 0.29) is 6.04 Å². The number of hydrogen-bond acceptors (Lipinski definition) is 5. The first-order valence-corrected chi connectivity index (χ1v) is 14.1. The van der Waals surface area contributed by atoms with E-state index in [1.807, 2.05) is 42.7 Å². The third-order valence-corrected chi connectivity index (χ3v) is 8.27. The van der Waals surface area contributed by atoms with Crippen molar-refractivity contribution in [3.8, 4) is 5.88 Å². The van der Waals surface area contributed by atoms with Gasteiger partial charge in [-0.2, -0.15) is 0 Å². The van der Waals surface area contributed by atoms with Crippen molar-refractivity contribution in [3.63, 3.8) is 0 Å². The maximum Gasteiger partial charge on any atom is 0.217 e. The maximum absolute atomic E-state index is 14.5. The third-order valence-electron chi connectivity index (χ3n) is 7.31. The average molecular weight is 555 g/mol. The summed E-state index contributed by atoms with van der Waals surface area (Å²) in [7, 11) is 1.58. The highest BCUT2D eigenvalue weighted by Crippen LogP contribution is 2.46. The fourth-order valence-corrected chi connectivity index (χ4v) is 6.22. The molecule has 1 aliphatic rings. The molecule has 8 heteroatoms. The van der Waals surface area contributed by atoms with Gasteiger partial charge >= 0.3 is 0 Å². The zero-order valence-corrected chi connectivity index (χ0v) is 22.8. The number of methoxy groups -OCH3 is 1. The Bertz CT molecular complexity index is 1470. The molecule has 0 bridgehead atoms. The summed E-state index contributed by atoms with van der Waals surface area (Å²) in [4.78, 5) is 5.90. The van der Waals surface area contributed by atoms with E-state index in [9.17, 15) is 13.9 Å². The molecule has 4 aromatic rings. The van der Waals surface area contributed by atoms with Crippen molar-refractivity contribution in [3.05, 3.63) is 100 Å². The third kappa shape index (κ3) is 5.52. The fraction of sp³-hybridized carbons (Fsp3) is 0.300. The Kier molecular flexibility index (Phi) is 7.91. The Morgan fingerprint density at radius 2 is 2.00 bits per heavy atom. The molecule has 0 saturated carbocycles. The summed E-state index contributed by atoms with van der Waals surface area (Å²) in [5.74, 6) is -1.26. The highest BCUT2D eigenvalue weighted by Gasteiger charge is 2.44. The van der Waals surface area contributed by atoms with Crippen molar-refractivity contribution in [1.82, 2.24) is 10.3 Å². The van der Waals surface area contributed by atoms with Crippen LogP contribution >= 0.6 is 23.4 Å². The summed E-state index contributed by atoms with van der Waals surface area (Å²) < 4.78 is 33.7. The van der Waals surface area contributed by atoms with Crippen LogP contribution in [0.5, 0.6) is 5.88 Å². The smallest absolute Gasteiger partial charge is 0.217 e. The van der Waals surface area contributed by atoms with Gasteiger partial charge in [-0.25, -0.2) is 13.8 Å². The summed E-state index contributed by atoms with van der Waals surface area (Å²) >= 11 is 8.07. The first-order chi connectivity index (χ1) is 18.3. The predicted octanol–water partition coefficient (Wildman–Crippen LogP) is 6.75. The molecular weight excluding hydrogens is 526 g/mol. The lowest BCUT2D eigenvalue weighted by molar-refractivity contribution is -0.0191. The number of ether oxygens (including phenoxy) is 1. The van der Waals surface area contributed by atoms with Crippen LogP contribution in [0.3, 0.4) is 0 Å². The van der Waals surface area contributed by atoms with Gasteiger partial charge in [0, 0.05) is 38.9 Å². The molecule has 198 valence electrons. The van der Waals surface area contributed by atoms with Gasteiger partial charge in [0.25, 0.3) is 0 Å². The molecule has 0 radical (unpaired) electrons. The van der Waals surface area contributed by atoms with Crippen molar-refractivity contribution < 1.29 is 18.6 Å². The molecule has 1 aliphatic heterocycles. The van der Waals surface area contributed by atoms with Crippen LogP contribution in [-0.4, -0.2) is 41.6 Å². The molecule has 2 heterocycles. The molecule has 2 N–H and O–H groups in total. The number of hydrogen-bond donors (Lipinski definition) is 2. The van der Waals surface area contributed by atoms with E-state index >= 15 is 0 Å². The number of rotatable bonds is 7. The number of piperidine rings is 1. The predicted molar refractivity (Wildman–Crippen MR) is 149 cm³/mol. The van der Waals surface area contributed by atoms with Gasteiger partial charge in [-0.05, 0) is 85.7 Å². The zero-order chi connectivity index (χ0) is 26.9. The summed E-state index contributed by atoms with van der Waals surface area (Å²) in [6.45, 7) is 0.529. The minimum Gasteiger partial charge on any atom is -0.481 e. The number of halogens is 3. The second-order valence-corrected chi connectivity index (χ2v) is 11.1. The fourth-order valence-electron chi connectivity index (χ4n) is 5.57. The Labute approximate surface area is 230 Å². The largest absolute Gasteiger partial charge is 0.481 e. The van der Waals surface area contributed by atoms with Crippen LogP contribution in [0.25, 0.3) is 10.9 Å². The number of aromatic nitrogens is 1. The number of pyridine rings is 1. The van der Waals surface area contributed by atoms with Gasteiger partial charge in [-0.15, -0.1) is 11.8 Å². The first-order valence-electron chi connectivity index (χ1n) is 12.5. The summed E-state index contributed by atoms with van der Waals surface area (Å²) in [6, 6.07) is 19.0. The van der Waals surface area contributed by atoms with Crippen molar-refractivity contribution in [2.45, 2.75) is 41.7 Å². The van der Waals surface area contributed by atoms with E-state index < -0.39 is 23.2 Å². The van der Waals surface area contributed by atoms with Gasteiger partial charge in [0.15, 0.2) is 0 Å². The van der Waals surface area contributed by atoms with Crippen molar-refractivity contribution in [1.29, 1.82) is 0 Å². The highest BCUT2D eigenvalue weighted by atomic mass is 35.5. The van der Waals surface area contributed by atoms with Gasteiger partial charge in [0.2, 0.25) is 5.88 Å². The van der Waals surface area contributed by atoms with Gasteiger partial charge < -0.3 is 15.2 Å². The van der Waals surface area contributed by atoms with Crippen LogP contribution in [0.2, 0.25) is 5.02 Å². The number of aliphatic hydroxyl groups is 1. The van der Waals surface area contributed by atoms with Gasteiger partial charge in [0.05, 0.1) is 18.2 Å². The van der Waals surface area contributed by atoms with Crippen molar-refractivity contribution in [2.75, 3.05) is 19.9 Å². The van der Waals surface area contributed by atoms with Crippen LogP contribution in [0.4, 0.5) is 8.78 Å². The van der Waals surface area contributed by atoms with Gasteiger partial charge in [-0.1, -0.05) is 29.8 Å². The van der Waals surface area contributed by atoms with Gasteiger partial charge in [0.1, 0.15) is 11.6 Å². The summed E-state index contributed by atoms with van der Waals surface area (Å²) in [6.07, 6.45) is 3.14. The Hall–Kier alpha value is -2.71. The van der Waals surface area contributed by atoms with Crippen LogP contribution in [0, 0.1) is 11.6 Å². The lowest BCUT2D eigenvalue weighted by Gasteiger charge is -2.43. The lowest BCUT2D eigenvalue weighted by atomic mass is 9.70. The Balaban J connectivity index is 1.60. The van der Waals surface area contributed by atoms with E-state index in [0.717, 1.165) is 33.0 Å². The van der Waals surface area contributed by atoms with Crippen molar-refractivity contribution in [2.24, 2.45) is 0 Å². The molecule has 0 amide bonds. The molecule has 3 unspecified atom stereocenters. The average Bonchev–Trinajstić information content (AvgIpc) is 2.89. The standard InChI is InChI=1S/C30H29ClF2N2O2S/c1-37-29-25(15-20-14-24(38-2)8-9-27(20)35-29)28(19-4-3-5-21(31)12-19)30(36)10-11-34-23(17-30)13-18-6-7-22(32)16-26(18)33/h3-9,12,14-16,23,28,34,36H,10-11,13,17H2,1-2H3. The van der Waals surface area contributed by atoms with Crippen molar-refractivity contribution >= 4 is 34.3 Å². The molecular formula is C30H29ClF2N2O2S. The molecule has 5 rings (SSSR count). The van der Waals surface area contributed by atoms with E-state index in [2.05, 4.69) is 11.4 Å². The number of nitrogens with zero attached hydrogens (tertiary/aromatic N) is 1. The van der Waals surface area contributed by atoms with Crippen LogP contribution in [0.1, 0.15) is 35.4 Å². The molecule has 3 atom stereocenters. The first kappa shape index (κ1) is 26.9. The topological polar surface area (TPSA) is 54.4 Å². The number of thioether (sulfide) groups is 1. The van der Waals surface area contributed by atoms with Crippen LogP contribution in [0.15, 0.2) is 71.6 Å². The molecule has 38 heavy (non-hydrogen) atoms. The number of nitrogens with one attached hydrogen (secondary N) is 1. The maximum atomic E-state index is 14.5. The molecule has 0 spiro atoms. The second kappa shape index (κ2) is 11.2. The minimum absolute atomic E-state index is 0.224. The highest BCUT2D eigenvalue weighted by molar-refractivity contribution is 7.98. The quantitative estimate of drug-likeness (QED) is 0.247. The van der Waals surface area contributed by atoms with Crippen LogP contribution in [-0.2, 0) is 6.42 Å². The SMILES string of the molecule is COc1nc2ccc(SC)cc2cc1C(c1cccc(Cl)c1)C1(O)CCNC(Cc2ccc(F)cc2F)C1.